The SMILES string of the molecule is COC(=O)CCC(=O)C(=O)NCC(C)C. The fraction of sp³-hybridized carbons (Fsp3) is 0.700. The van der Waals surface area contributed by atoms with Crippen LogP contribution in [0.25, 0.3) is 0 Å². The molecular weight excluding hydrogens is 198 g/mol. The van der Waals surface area contributed by atoms with Gasteiger partial charge in [0.15, 0.2) is 0 Å². The van der Waals surface area contributed by atoms with Gasteiger partial charge in [-0.15, -0.1) is 0 Å². The molecule has 5 heteroatoms. The van der Waals surface area contributed by atoms with Crippen molar-refractivity contribution in [3.05, 3.63) is 0 Å². The molecule has 0 atom stereocenters. The predicted octanol–water partition coefficient (Wildman–Crippen LogP) is 0.281. The Hall–Kier alpha value is -1.39. The van der Waals surface area contributed by atoms with Crippen molar-refractivity contribution < 1.29 is 19.1 Å². The number of hydrogen-bond donors (Lipinski definition) is 1. The van der Waals surface area contributed by atoms with Crippen molar-refractivity contribution in [3.63, 3.8) is 0 Å². The summed E-state index contributed by atoms with van der Waals surface area (Å²) in [6.07, 6.45) is -0.152. The van der Waals surface area contributed by atoms with Crippen LogP contribution in [0.5, 0.6) is 0 Å². The summed E-state index contributed by atoms with van der Waals surface area (Å²) in [7, 11) is 1.24. The van der Waals surface area contributed by atoms with Crippen LogP contribution in [0.15, 0.2) is 0 Å². The van der Waals surface area contributed by atoms with Crippen LogP contribution in [0.2, 0.25) is 0 Å². The normalized spacial score (nSPS) is 9.87. The molecule has 0 bridgehead atoms. The van der Waals surface area contributed by atoms with Crippen molar-refractivity contribution >= 4 is 17.7 Å². The van der Waals surface area contributed by atoms with Crippen LogP contribution in [0.1, 0.15) is 26.7 Å². The van der Waals surface area contributed by atoms with Crippen LogP contribution in [-0.4, -0.2) is 31.3 Å². The van der Waals surface area contributed by atoms with Gasteiger partial charge in [-0.05, 0) is 5.92 Å². The Morgan fingerprint density at radius 2 is 1.80 bits per heavy atom. The first kappa shape index (κ1) is 13.6. The summed E-state index contributed by atoms with van der Waals surface area (Å²) >= 11 is 0. The number of carbonyl (C=O) groups excluding carboxylic acids is 3. The predicted molar refractivity (Wildman–Crippen MR) is 54.1 cm³/mol. The Bertz CT molecular complexity index is 248. The second-order valence-corrected chi connectivity index (χ2v) is 3.60. The van der Waals surface area contributed by atoms with Gasteiger partial charge in [-0.3, -0.25) is 14.4 Å². The maximum Gasteiger partial charge on any atom is 0.305 e. The van der Waals surface area contributed by atoms with E-state index in [1.807, 2.05) is 13.8 Å². The summed E-state index contributed by atoms with van der Waals surface area (Å²) in [6.45, 7) is 4.32. The van der Waals surface area contributed by atoms with Gasteiger partial charge in [0.2, 0.25) is 5.78 Å². The lowest BCUT2D eigenvalue weighted by atomic mass is 10.2. The number of hydrogen-bond acceptors (Lipinski definition) is 4. The molecule has 0 aromatic heterocycles. The zero-order chi connectivity index (χ0) is 11.8. The summed E-state index contributed by atoms with van der Waals surface area (Å²) in [5.74, 6) is -1.41. The molecule has 0 aliphatic rings. The number of carbonyl (C=O) groups is 3. The van der Waals surface area contributed by atoms with E-state index in [4.69, 9.17) is 0 Å². The zero-order valence-corrected chi connectivity index (χ0v) is 9.33. The fourth-order valence-electron chi connectivity index (χ4n) is 0.827. The average Bonchev–Trinajstić information content (AvgIpc) is 2.21. The highest BCUT2D eigenvalue weighted by Crippen LogP contribution is 1.94. The van der Waals surface area contributed by atoms with E-state index in [0.29, 0.717) is 12.5 Å². The van der Waals surface area contributed by atoms with E-state index in [1.54, 1.807) is 0 Å². The lowest BCUT2D eigenvalue weighted by molar-refractivity contribution is -0.143. The standard InChI is InChI=1S/C10H17NO4/c1-7(2)6-11-10(14)8(12)4-5-9(13)15-3/h7H,4-6H2,1-3H3,(H,11,14). The second-order valence-electron chi connectivity index (χ2n) is 3.60. The Labute approximate surface area is 89.2 Å². The van der Waals surface area contributed by atoms with E-state index in [0.717, 1.165) is 0 Å². The number of Topliss-reactive ketones (excluding diaryl/α,β-unsaturated/α-hetero) is 1. The Kier molecular flexibility index (Phi) is 6.33. The first-order valence-electron chi connectivity index (χ1n) is 4.85. The first-order valence-corrected chi connectivity index (χ1v) is 4.85. The molecule has 0 unspecified atom stereocenters. The number of esters is 1. The lowest BCUT2D eigenvalue weighted by Crippen LogP contribution is -2.33. The number of nitrogens with one attached hydrogen (secondary N) is 1. The number of ether oxygens (including phenoxy) is 1. The van der Waals surface area contributed by atoms with Gasteiger partial charge in [-0.2, -0.15) is 0 Å². The minimum atomic E-state index is -0.632. The molecule has 0 radical (unpaired) electrons. The summed E-state index contributed by atoms with van der Waals surface area (Å²) in [5, 5.41) is 2.48. The van der Waals surface area contributed by atoms with Crippen LogP contribution < -0.4 is 5.32 Å². The summed E-state index contributed by atoms with van der Waals surface area (Å²) in [5.41, 5.74) is 0. The number of ketones is 1. The van der Waals surface area contributed by atoms with E-state index < -0.39 is 17.7 Å². The number of methoxy groups -OCH3 is 1. The van der Waals surface area contributed by atoms with Crippen molar-refractivity contribution in [1.82, 2.24) is 5.32 Å². The fourth-order valence-corrected chi connectivity index (χ4v) is 0.827. The van der Waals surface area contributed by atoms with Gasteiger partial charge in [-0.25, -0.2) is 0 Å². The van der Waals surface area contributed by atoms with Crippen molar-refractivity contribution in [2.75, 3.05) is 13.7 Å². The Morgan fingerprint density at radius 3 is 2.27 bits per heavy atom. The molecular formula is C10H17NO4. The van der Waals surface area contributed by atoms with Crippen molar-refractivity contribution in [3.8, 4) is 0 Å². The molecule has 1 amide bonds. The van der Waals surface area contributed by atoms with Gasteiger partial charge >= 0.3 is 5.97 Å². The second kappa shape index (κ2) is 6.98. The van der Waals surface area contributed by atoms with E-state index in [9.17, 15) is 14.4 Å². The molecule has 0 rings (SSSR count). The molecule has 0 heterocycles. The van der Waals surface area contributed by atoms with Crippen LogP contribution in [0.3, 0.4) is 0 Å². The zero-order valence-electron chi connectivity index (χ0n) is 9.33. The third-order valence-electron chi connectivity index (χ3n) is 1.71. The quantitative estimate of drug-likeness (QED) is 0.510. The number of amides is 1. The highest BCUT2D eigenvalue weighted by molar-refractivity contribution is 6.36. The van der Waals surface area contributed by atoms with Crippen molar-refractivity contribution in [2.45, 2.75) is 26.7 Å². The van der Waals surface area contributed by atoms with Crippen LogP contribution in [-0.2, 0) is 19.1 Å². The van der Waals surface area contributed by atoms with E-state index in [2.05, 4.69) is 10.1 Å². The largest absolute Gasteiger partial charge is 0.469 e. The highest BCUT2D eigenvalue weighted by atomic mass is 16.5. The van der Waals surface area contributed by atoms with E-state index in [1.165, 1.54) is 7.11 Å². The van der Waals surface area contributed by atoms with Gasteiger partial charge < -0.3 is 10.1 Å². The van der Waals surface area contributed by atoms with Gasteiger partial charge in [0.1, 0.15) is 0 Å². The molecule has 0 saturated heterocycles. The maximum atomic E-state index is 11.2. The third-order valence-corrected chi connectivity index (χ3v) is 1.71. The smallest absolute Gasteiger partial charge is 0.305 e. The average molecular weight is 215 g/mol. The topological polar surface area (TPSA) is 72.5 Å². The molecule has 0 aliphatic carbocycles. The van der Waals surface area contributed by atoms with Crippen LogP contribution >= 0.6 is 0 Å². The number of rotatable bonds is 6. The third kappa shape index (κ3) is 6.65. The molecule has 0 aliphatic heterocycles. The summed E-state index contributed by atoms with van der Waals surface area (Å²) in [6, 6.07) is 0. The van der Waals surface area contributed by atoms with Crippen molar-refractivity contribution in [2.24, 2.45) is 5.92 Å². The molecule has 1 N–H and O–H groups in total. The molecule has 5 nitrogen and oxygen atoms in total. The maximum absolute atomic E-state index is 11.2. The Morgan fingerprint density at radius 1 is 1.20 bits per heavy atom. The van der Waals surface area contributed by atoms with Gasteiger partial charge in [0.05, 0.1) is 13.5 Å². The summed E-state index contributed by atoms with van der Waals surface area (Å²) in [4.78, 5) is 33.0. The van der Waals surface area contributed by atoms with Gasteiger partial charge in [0, 0.05) is 13.0 Å². The van der Waals surface area contributed by atoms with Crippen molar-refractivity contribution in [1.29, 1.82) is 0 Å². The van der Waals surface area contributed by atoms with Crippen LogP contribution in [0.4, 0.5) is 0 Å². The van der Waals surface area contributed by atoms with E-state index >= 15 is 0 Å². The Balaban J connectivity index is 3.79. The highest BCUT2D eigenvalue weighted by Gasteiger charge is 2.15. The van der Waals surface area contributed by atoms with Gasteiger partial charge in [-0.1, -0.05) is 13.8 Å². The molecule has 0 saturated carbocycles. The minimum absolute atomic E-state index is 0.0512. The molecule has 0 fully saturated rings. The monoisotopic (exact) mass is 215 g/mol. The van der Waals surface area contributed by atoms with Gasteiger partial charge in [0.25, 0.3) is 5.91 Å². The molecule has 0 aromatic carbocycles. The van der Waals surface area contributed by atoms with Crippen LogP contribution in [0, 0.1) is 5.92 Å². The van der Waals surface area contributed by atoms with E-state index in [-0.39, 0.29) is 12.8 Å². The summed E-state index contributed by atoms with van der Waals surface area (Å²) < 4.78 is 4.36. The molecule has 0 aromatic rings. The first-order chi connectivity index (χ1) is 6.97. The minimum Gasteiger partial charge on any atom is -0.469 e. The molecule has 86 valence electrons. The lowest BCUT2D eigenvalue weighted by Gasteiger charge is -2.06. The molecule has 15 heavy (non-hydrogen) atoms. The molecule has 0 spiro atoms.